The number of hydrogen-bond donors (Lipinski definition) is 2. The van der Waals surface area contributed by atoms with Gasteiger partial charge in [0.25, 0.3) is 0 Å². The Hall–Kier alpha value is -2.48. The van der Waals surface area contributed by atoms with Gasteiger partial charge in [0.2, 0.25) is 0 Å². The summed E-state index contributed by atoms with van der Waals surface area (Å²) in [6, 6.07) is 9.30. The fourth-order valence-electron chi connectivity index (χ4n) is 1.95. The summed E-state index contributed by atoms with van der Waals surface area (Å²) in [5.41, 5.74) is 13.7. The zero-order valence-corrected chi connectivity index (χ0v) is 12.2. The van der Waals surface area contributed by atoms with E-state index in [4.69, 9.17) is 11.5 Å². The Labute approximate surface area is 127 Å². The van der Waals surface area contributed by atoms with Crippen molar-refractivity contribution in [3.05, 3.63) is 46.7 Å². The Bertz CT molecular complexity index is 816. The first kappa shape index (κ1) is 13.5. The number of aromatic nitrogens is 4. The fourth-order valence-corrected chi connectivity index (χ4v) is 2.36. The molecule has 0 bridgehead atoms. The van der Waals surface area contributed by atoms with Crippen LogP contribution in [0, 0.1) is 5.82 Å². The maximum Gasteiger partial charge on any atom is 0.189 e. The van der Waals surface area contributed by atoms with E-state index in [0.717, 1.165) is 0 Å². The monoisotopic (exact) mass is 348 g/mol. The molecule has 0 aliphatic heterocycles. The molecule has 0 unspecified atom stereocenters. The molecular weight excluding hydrogens is 339 g/mol. The van der Waals surface area contributed by atoms with Crippen LogP contribution in [-0.4, -0.2) is 20.2 Å². The number of benzene rings is 2. The summed E-state index contributed by atoms with van der Waals surface area (Å²) in [5.74, 6) is 0.0127. The van der Waals surface area contributed by atoms with Crippen LogP contribution in [0.25, 0.3) is 17.1 Å². The number of rotatable bonds is 2. The van der Waals surface area contributed by atoms with Gasteiger partial charge in [-0.2, -0.15) is 4.68 Å². The van der Waals surface area contributed by atoms with Gasteiger partial charge >= 0.3 is 0 Å². The Morgan fingerprint density at radius 1 is 1.10 bits per heavy atom. The minimum Gasteiger partial charge on any atom is -0.399 e. The smallest absolute Gasteiger partial charge is 0.189 e. The number of nitrogens with two attached hydrogens (primary N) is 2. The van der Waals surface area contributed by atoms with E-state index >= 15 is 0 Å². The number of tetrazole rings is 1. The number of hydrogen-bond acceptors (Lipinski definition) is 5. The Balaban J connectivity index is 2.19. The molecule has 0 fully saturated rings. The normalized spacial score (nSPS) is 10.8. The molecule has 0 atom stereocenters. The van der Waals surface area contributed by atoms with Crippen molar-refractivity contribution < 1.29 is 4.39 Å². The summed E-state index contributed by atoms with van der Waals surface area (Å²) in [7, 11) is 0. The Kier molecular flexibility index (Phi) is 3.30. The molecule has 6 nitrogen and oxygen atoms in total. The van der Waals surface area contributed by atoms with E-state index < -0.39 is 0 Å². The van der Waals surface area contributed by atoms with Crippen LogP contribution in [0.3, 0.4) is 0 Å². The second kappa shape index (κ2) is 5.13. The summed E-state index contributed by atoms with van der Waals surface area (Å²) in [4.78, 5) is 0. The third-order valence-electron chi connectivity index (χ3n) is 2.92. The maximum atomic E-state index is 13.5. The highest BCUT2D eigenvalue weighted by atomic mass is 79.9. The van der Waals surface area contributed by atoms with Gasteiger partial charge in [-0.1, -0.05) is 0 Å². The van der Waals surface area contributed by atoms with E-state index in [0.29, 0.717) is 32.9 Å². The van der Waals surface area contributed by atoms with E-state index in [9.17, 15) is 4.39 Å². The van der Waals surface area contributed by atoms with E-state index in [1.165, 1.54) is 16.8 Å². The lowest BCUT2D eigenvalue weighted by Gasteiger charge is -2.09. The van der Waals surface area contributed by atoms with Gasteiger partial charge in [0.1, 0.15) is 5.82 Å². The lowest BCUT2D eigenvalue weighted by atomic mass is 10.1. The lowest BCUT2D eigenvalue weighted by Crippen LogP contribution is -2.03. The molecule has 0 saturated carbocycles. The van der Waals surface area contributed by atoms with Gasteiger partial charge in [0, 0.05) is 27.5 Å². The largest absolute Gasteiger partial charge is 0.399 e. The summed E-state index contributed by atoms with van der Waals surface area (Å²) in [6.45, 7) is 0. The SMILES string of the molecule is Nc1ccc(-c2nnnn2-c2cc(F)ccc2Br)c(N)c1. The zero-order chi connectivity index (χ0) is 15.0. The van der Waals surface area contributed by atoms with Gasteiger partial charge in [-0.3, -0.25) is 0 Å². The topological polar surface area (TPSA) is 95.6 Å². The molecule has 0 saturated heterocycles. The first-order valence-electron chi connectivity index (χ1n) is 5.95. The Morgan fingerprint density at radius 3 is 2.67 bits per heavy atom. The molecule has 3 aromatic rings. The van der Waals surface area contributed by atoms with Gasteiger partial charge in [-0.25, -0.2) is 4.39 Å². The van der Waals surface area contributed by atoms with Crippen LogP contribution in [0.1, 0.15) is 0 Å². The predicted octanol–water partition coefficient (Wildman–Crippen LogP) is 2.40. The fraction of sp³-hybridized carbons (Fsp3) is 0. The zero-order valence-electron chi connectivity index (χ0n) is 10.7. The molecule has 0 aliphatic carbocycles. The highest BCUT2D eigenvalue weighted by molar-refractivity contribution is 9.10. The molecule has 8 heteroatoms. The molecular formula is C13H10BrFN6. The third-order valence-corrected chi connectivity index (χ3v) is 3.59. The van der Waals surface area contributed by atoms with Crippen LogP contribution >= 0.6 is 15.9 Å². The van der Waals surface area contributed by atoms with Crippen LogP contribution in [0.15, 0.2) is 40.9 Å². The first-order valence-corrected chi connectivity index (χ1v) is 6.75. The molecule has 0 amide bonds. The van der Waals surface area contributed by atoms with Crippen LogP contribution in [0.4, 0.5) is 15.8 Å². The number of anilines is 2. The quantitative estimate of drug-likeness (QED) is 0.693. The first-order chi connectivity index (χ1) is 10.1. The van der Waals surface area contributed by atoms with Crippen LogP contribution in [0.2, 0.25) is 0 Å². The van der Waals surface area contributed by atoms with Crippen molar-refractivity contribution in [2.45, 2.75) is 0 Å². The second-order valence-electron chi connectivity index (χ2n) is 4.36. The van der Waals surface area contributed by atoms with E-state index in [2.05, 4.69) is 31.5 Å². The summed E-state index contributed by atoms with van der Waals surface area (Å²) in [6.07, 6.45) is 0. The summed E-state index contributed by atoms with van der Waals surface area (Å²) < 4.78 is 15.5. The third kappa shape index (κ3) is 2.45. The predicted molar refractivity (Wildman–Crippen MR) is 81.1 cm³/mol. The molecule has 2 aromatic carbocycles. The molecule has 1 aromatic heterocycles. The van der Waals surface area contributed by atoms with Gasteiger partial charge < -0.3 is 11.5 Å². The van der Waals surface area contributed by atoms with Gasteiger partial charge in [0.05, 0.1) is 5.69 Å². The highest BCUT2D eigenvalue weighted by Gasteiger charge is 2.16. The van der Waals surface area contributed by atoms with Gasteiger partial charge in [-0.15, -0.1) is 5.10 Å². The average molecular weight is 349 g/mol. The van der Waals surface area contributed by atoms with Crippen molar-refractivity contribution in [3.8, 4) is 17.1 Å². The highest BCUT2D eigenvalue weighted by Crippen LogP contribution is 2.29. The minimum atomic E-state index is -0.389. The molecule has 21 heavy (non-hydrogen) atoms. The molecule has 4 N–H and O–H groups in total. The molecule has 106 valence electrons. The van der Waals surface area contributed by atoms with Crippen molar-refractivity contribution in [2.75, 3.05) is 11.5 Å². The summed E-state index contributed by atoms with van der Waals surface area (Å²) in [5, 5.41) is 11.5. The van der Waals surface area contributed by atoms with Crippen molar-refractivity contribution in [3.63, 3.8) is 0 Å². The standard InChI is InChI=1S/C13H10BrFN6/c14-10-4-1-7(15)5-12(10)21-13(18-19-20-21)9-3-2-8(16)6-11(9)17/h1-6H,16-17H2. The van der Waals surface area contributed by atoms with E-state index in [1.54, 1.807) is 24.3 Å². The van der Waals surface area contributed by atoms with Gasteiger partial charge in [-0.05, 0) is 56.7 Å². The van der Waals surface area contributed by atoms with Gasteiger partial charge in [0.15, 0.2) is 5.82 Å². The second-order valence-corrected chi connectivity index (χ2v) is 5.21. The number of nitrogens with zero attached hydrogens (tertiary/aromatic N) is 4. The Morgan fingerprint density at radius 2 is 1.90 bits per heavy atom. The molecule has 0 aliphatic rings. The van der Waals surface area contributed by atoms with E-state index in [1.807, 2.05) is 0 Å². The van der Waals surface area contributed by atoms with Crippen LogP contribution in [-0.2, 0) is 0 Å². The van der Waals surface area contributed by atoms with Crippen molar-refractivity contribution in [1.82, 2.24) is 20.2 Å². The van der Waals surface area contributed by atoms with Crippen LogP contribution in [0.5, 0.6) is 0 Å². The lowest BCUT2D eigenvalue weighted by molar-refractivity contribution is 0.624. The number of nitrogen functional groups attached to an aromatic ring is 2. The van der Waals surface area contributed by atoms with Crippen molar-refractivity contribution in [2.24, 2.45) is 0 Å². The van der Waals surface area contributed by atoms with Crippen LogP contribution < -0.4 is 11.5 Å². The number of halogens is 2. The molecule has 1 heterocycles. The molecule has 3 rings (SSSR count). The van der Waals surface area contributed by atoms with Crippen molar-refractivity contribution >= 4 is 27.3 Å². The maximum absolute atomic E-state index is 13.5. The average Bonchev–Trinajstić information content (AvgIpc) is 2.90. The molecule has 0 spiro atoms. The van der Waals surface area contributed by atoms with E-state index in [-0.39, 0.29) is 5.82 Å². The van der Waals surface area contributed by atoms with Crippen molar-refractivity contribution in [1.29, 1.82) is 0 Å². The summed E-state index contributed by atoms with van der Waals surface area (Å²) >= 11 is 3.35. The minimum absolute atomic E-state index is 0.389. The molecule has 0 radical (unpaired) electrons.